The number of methoxy groups -OCH3 is 1. The second-order valence-electron chi connectivity index (χ2n) is 4.22. The van der Waals surface area contributed by atoms with Gasteiger partial charge in [0.25, 0.3) is 0 Å². The van der Waals surface area contributed by atoms with Gasteiger partial charge < -0.3 is 10.1 Å². The zero-order valence-electron chi connectivity index (χ0n) is 10.8. The van der Waals surface area contributed by atoms with Crippen LogP contribution in [0.4, 0.5) is 5.69 Å². The van der Waals surface area contributed by atoms with Crippen molar-refractivity contribution in [3.05, 3.63) is 22.7 Å². The predicted molar refractivity (Wildman–Crippen MR) is 75.3 cm³/mol. The number of nitrogens with zero attached hydrogens (tertiary/aromatic N) is 1. The molecule has 1 aromatic carbocycles. The second-order valence-corrected chi connectivity index (χ2v) is 5.08. The number of benzene rings is 1. The molecule has 2 amide bonds. The largest absolute Gasteiger partial charge is 0.496 e. The third kappa shape index (κ3) is 2.58. The molecule has 1 aliphatic heterocycles. The summed E-state index contributed by atoms with van der Waals surface area (Å²) in [4.78, 5) is 25.4. The molecule has 1 atom stereocenters. The summed E-state index contributed by atoms with van der Waals surface area (Å²) < 4.78 is 5.91. The van der Waals surface area contributed by atoms with Crippen LogP contribution in [0.5, 0.6) is 5.75 Å². The van der Waals surface area contributed by atoms with E-state index in [-0.39, 0.29) is 18.4 Å². The number of hydrogen-bond donors (Lipinski definition) is 1. The number of halogens is 1. The highest BCUT2D eigenvalue weighted by molar-refractivity contribution is 9.10. The molecule has 1 heterocycles. The summed E-state index contributed by atoms with van der Waals surface area (Å²) in [6.45, 7) is 1.92. The fourth-order valence-corrected chi connectivity index (χ4v) is 2.68. The Kier molecular flexibility index (Phi) is 4.09. The molecule has 1 fully saturated rings. The number of nitrogens with one attached hydrogen (secondary N) is 1. The number of ether oxygens (including phenoxy) is 1. The first-order valence-corrected chi connectivity index (χ1v) is 6.81. The molecular formula is C13H15BrN2O3. The molecule has 0 spiro atoms. The van der Waals surface area contributed by atoms with E-state index >= 15 is 0 Å². The molecule has 102 valence electrons. The number of hydrogen-bond acceptors (Lipinski definition) is 3. The van der Waals surface area contributed by atoms with E-state index in [0.717, 1.165) is 4.47 Å². The number of piperazine rings is 1. The van der Waals surface area contributed by atoms with Gasteiger partial charge >= 0.3 is 0 Å². The molecule has 6 heteroatoms. The molecule has 0 bridgehead atoms. The van der Waals surface area contributed by atoms with Gasteiger partial charge in [-0.2, -0.15) is 0 Å². The van der Waals surface area contributed by atoms with Crippen LogP contribution >= 0.6 is 15.9 Å². The van der Waals surface area contributed by atoms with Crippen LogP contribution in [0.1, 0.15) is 13.3 Å². The van der Waals surface area contributed by atoms with Crippen molar-refractivity contribution >= 4 is 33.4 Å². The average molecular weight is 327 g/mol. The van der Waals surface area contributed by atoms with Crippen molar-refractivity contribution in [2.45, 2.75) is 19.4 Å². The Labute approximate surface area is 120 Å². The van der Waals surface area contributed by atoms with Crippen LogP contribution in [0.15, 0.2) is 22.7 Å². The van der Waals surface area contributed by atoms with Crippen LogP contribution in [-0.4, -0.2) is 31.5 Å². The topological polar surface area (TPSA) is 58.6 Å². The van der Waals surface area contributed by atoms with Gasteiger partial charge in [0, 0.05) is 5.69 Å². The van der Waals surface area contributed by atoms with Gasteiger partial charge in [0.1, 0.15) is 11.8 Å². The third-order valence-corrected chi connectivity index (χ3v) is 3.72. The Morgan fingerprint density at radius 1 is 1.47 bits per heavy atom. The Morgan fingerprint density at radius 2 is 2.21 bits per heavy atom. The molecule has 0 aliphatic carbocycles. The van der Waals surface area contributed by atoms with E-state index in [9.17, 15) is 9.59 Å². The Balaban J connectivity index is 2.39. The fraction of sp³-hybridized carbons (Fsp3) is 0.385. The smallest absolute Gasteiger partial charge is 0.247 e. The van der Waals surface area contributed by atoms with Gasteiger partial charge in [-0.25, -0.2) is 0 Å². The lowest BCUT2D eigenvalue weighted by Gasteiger charge is -2.34. The lowest BCUT2D eigenvalue weighted by molar-refractivity contribution is -0.131. The highest BCUT2D eigenvalue weighted by Gasteiger charge is 2.34. The second kappa shape index (κ2) is 5.61. The lowest BCUT2D eigenvalue weighted by atomic mass is 10.1. The van der Waals surface area contributed by atoms with Crippen molar-refractivity contribution < 1.29 is 14.3 Å². The monoisotopic (exact) mass is 326 g/mol. The molecule has 2 rings (SSSR count). The van der Waals surface area contributed by atoms with Crippen LogP contribution < -0.4 is 15.0 Å². The number of anilines is 1. The van der Waals surface area contributed by atoms with E-state index in [4.69, 9.17) is 4.74 Å². The number of amides is 2. The summed E-state index contributed by atoms with van der Waals surface area (Å²) in [5.41, 5.74) is 0.694. The minimum absolute atomic E-state index is 0.0407. The van der Waals surface area contributed by atoms with E-state index in [1.807, 2.05) is 6.92 Å². The van der Waals surface area contributed by atoms with Crippen LogP contribution in [0.2, 0.25) is 0 Å². The molecule has 5 nitrogen and oxygen atoms in total. The average Bonchev–Trinajstić information content (AvgIpc) is 2.41. The maximum atomic E-state index is 12.0. The first kappa shape index (κ1) is 13.9. The van der Waals surface area contributed by atoms with Gasteiger partial charge in [-0.15, -0.1) is 0 Å². The van der Waals surface area contributed by atoms with Gasteiger partial charge in [-0.1, -0.05) is 6.92 Å². The van der Waals surface area contributed by atoms with Gasteiger partial charge in [-0.05, 0) is 40.5 Å². The highest BCUT2D eigenvalue weighted by atomic mass is 79.9. The summed E-state index contributed by atoms with van der Waals surface area (Å²) in [5.74, 6) is 0.461. The Hall–Kier alpha value is -1.56. The van der Waals surface area contributed by atoms with Gasteiger partial charge in [0.05, 0.1) is 18.1 Å². The van der Waals surface area contributed by atoms with Crippen LogP contribution in [0.3, 0.4) is 0 Å². The maximum absolute atomic E-state index is 12.0. The molecular weight excluding hydrogens is 312 g/mol. The normalized spacial score (nSPS) is 19.3. The fourth-order valence-electron chi connectivity index (χ4n) is 2.15. The van der Waals surface area contributed by atoms with Crippen LogP contribution in [0.25, 0.3) is 0 Å². The molecule has 0 saturated carbocycles. The van der Waals surface area contributed by atoms with Gasteiger partial charge in [0.2, 0.25) is 11.8 Å². The molecule has 1 unspecified atom stereocenters. The summed E-state index contributed by atoms with van der Waals surface area (Å²) >= 11 is 3.39. The van der Waals surface area contributed by atoms with E-state index in [0.29, 0.717) is 17.9 Å². The minimum atomic E-state index is -0.457. The Bertz CT molecular complexity index is 519. The molecule has 0 aromatic heterocycles. The molecule has 0 radical (unpaired) electrons. The zero-order valence-corrected chi connectivity index (χ0v) is 12.4. The number of carbonyl (C=O) groups excluding carboxylic acids is 2. The SMILES string of the molecule is CCC1C(=O)NCC(=O)N1c1ccc(OC)c(Br)c1. The van der Waals surface area contributed by atoms with Gasteiger partial charge in [-0.3, -0.25) is 14.5 Å². The molecule has 1 aromatic rings. The summed E-state index contributed by atoms with van der Waals surface area (Å²) in [7, 11) is 1.58. The summed E-state index contributed by atoms with van der Waals surface area (Å²) in [6, 6.07) is 4.88. The molecule has 19 heavy (non-hydrogen) atoms. The van der Waals surface area contributed by atoms with E-state index in [2.05, 4.69) is 21.2 Å². The van der Waals surface area contributed by atoms with Crippen molar-refractivity contribution in [2.75, 3.05) is 18.6 Å². The van der Waals surface area contributed by atoms with E-state index in [1.54, 1.807) is 30.2 Å². The quantitative estimate of drug-likeness (QED) is 0.919. The maximum Gasteiger partial charge on any atom is 0.247 e. The van der Waals surface area contributed by atoms with Crippen molar-refractivity contribution in [3.63, 3.8) is 0 Å². The molecule has 1 N–H and O–H groups in total. The molecule has 1 saturated heterocycles. The standard InChI is InChI=1S/C13H15BrN2O3/c1-3-10-13(18)15-7-12(17)16(10)8-4-5-11(19-2)9(14)6-8/h4-6,10H,3,7H2,1-2H3,(H,15,18). The summed E-state index contributed by atoms with van der Waals surface area (Å²) in [6.07, 6.45) is 0.571. The Morgan fingerprint density at radius 3 is 2.79 bits per heavy atom. The van der Waals surface area contributed by atoms with Crippen molar-refractivity contribution in [2.24, 2.45) is 0 Å². The first-order valence-electron chi connectivity index (χ1n) is 6.01. The van der Waals surface area contributed by atoms with Crippen molar-refractivity contribution in [1.29, 1.82) is 0 Å². The van der Waals surface area contributed by atoms with E-state index < -0.39 is 6.04 Å². The van der Waals surface area contributed by atoms with E-state index in [1.165, 1.54) is 0 Å². The molecule has 1 aliphatic rings. The zero-order chi connectivity index (χ0) is 14.0. The number of rotatable bonds is 3. The predicted octanol–water partition coefficient (Wildman–Crippen LogP) is 1.70. The third-order valence-electron chi connectivity index (χ3n) is 3.10. The number of carbonyl (C=O) groups is 2. The first-order chi connectivity index (χ1) is 9.08. The van der Waals surface area contributed by atoms with Crippen molar-refractivity contribution in [1.82, 2.24) is 5.32 Å². The van der Waals surface area contributed by atoms with Gasteiger partial charge in [0.15, 0.2) is 0 Å². The lowest BCUT2D eigenvalue weighted by Crippen LogP contribution is -2.58. The van der Waals surface area contributed by atoms with Crippen molar-refractivity contribution in [3.8, 4) is 5.75 Å². The van der Waals surface area contributed by atoms with Crippen LogP contribution in [0, 0.1) is 0 Å². The van der Waals surface area contributed by atoms with Crippen LogP contribution in [-0.2, 0) is 9.59 Å². The minimum Gasteiger partial charge on any atom is -0.496 e. The highest BCUT2D eigenvalue weighted by Crippen LogP contribution is 2.31. The summed E-state index contributed by atoms with van der Waals surface area (Å²) in [5, 5.41) is 2.60.